The van der Waals surface area contributed by atoms with Crippen LogP contribution in [-0.4, -0.2) is 21.2 Å². The molecule has 0 amide bonds. The van der Waals surface area contributed by atoms with Crippen molar-refractivity contribution in [1.29, 1.82) is 0 Å². The molecular weight excluding hydrogens is 427 g/mol. The van der Waals surface area contributed by atoms with E-state index in [1.807, 2.05) is 27.7 Å². The molecule has 0 aliphatic rings. The fourth-order valence-corrected chi connectivity index (χ4v) is 5.90. The molecule has 30 heavy (non-hydrogen) atoms. The van der Waals surface area contributed by atoms with Crippen molar-refractivity contribution in [3.63, 3.8) is 0 Å². The van der Waals surface area contributed by atoms with E-state index in [0.29, 0.717) is 16.7 Å². The zero-order valence-corrected chi connectivity index (χ0v) is 19.7. The summed E-state index contributed by atoms with van der Waals surface area (Å²) in [7, 11) is -3.59. The quantitative estimate of drug-likeness (QED) is 0.607. The molecule has 0 aliphatic heterocycles. The number of thiophene rings is 1. The van der Waals surface area contributed by atoms with E-state index in [2.05, 4.69) is 0 Å². The van der Waals surface area contributed by atoms with Gasteiger partial charge in [-0.1, -0.05) is 0 Å². The second-order valence-electron chi connectivity index (χ2n) is 8.59. The van der Waals surface area contributed by atoms with Gasteiger partial charge >= 0.3 is 182 Å². The summed E-state index contributed by atoms with van der Waals surface area (Å²) in [6, 6.07) is 3.90. The van der Waals surface area contributed by atoms with Gasteiger partial charge in [-0.2, -0.15) is 0 Å². The second-order valence-corrected chi connectivity index (χ2v) is 11.8. The van der Waals surface area contributed by atoms with Crippen LogP contribution in [0.3, 0.4) is 0 Å². The fourth-order valence-electron chi connectivity index (χ4n) is 3.25. The van der Waals surface area contributed by atoms with Crippen LogP contribution in [0.1, 0.15) is 74.9 Å². The first-order chi connectivity index (χ1) is 13.6. The van der Waals surface area contributed by atoms with E-state index in [4.69, 9.17) is 5.14 Å². The van der Waals surface area contributed by atoms with Gasteiger partial charge in [0.15, 0.2) is 0 Å². The molecule has 0 spiro atoms. The predicted octanol–water partition coefficient (Wildman–Crippen LogP) is 4.41. The van der Waals surface area contributed by atoms with Crippen LogP contribution in [0.2, 0.25) is 0 Å². The Morgan fingerprint density at radius 2 is 1.67 bits per heavy atom. The second kappa shape index (κ2) is 8.98. The van der Waals surface area contributed by atoms with E-state index < -0.39 is 26.6 Å². The molecule has 0 bridgehead atoms. The number of rotatable bonds is 7. The third-order valence-corrected chi connectivity index (χ3v) is 8.37. The van der Waals surface area contributed by atoms with Crippen LogP contribution >= 0.6 is 11.3 Å². The minimum atomic E-state index is -3.59. The third kappa shape index (κ3) is 5.63. The summed E-state index contributed by atoms with van der Waals surface area (Å²) in [4.78, 5) is 13.0. The van der Waals surface area contributed by atoms with Crippen molar-refractivity contribution in [3.05, 3.63) is 51.4 Å². The Bertz CT molecular complexity index is 1050. The summed E-state index contributed by atoms with van der Waals surface area (Å²) in [6.45, 7) is 10.6. The normalized spacial score (nSPS) is 14.1. The first-order valence-electron chi connectivity index (χ1n) is 9.67. The number of aliphatic hydroxyl groups is 1. The van der Waals surface area contributed by atoms with Crippen LogP contribution in [0.15, 0.2) is 22.4 Å². The van der Waals surface area contributed by atoms with E-state index in [-0.39, 0.29) is 33.2 Å². The molecule has 4 nitrogen and oxygen atoms in total. The summed E-state index contributed by atoms with van der Waals surface area (Å²) in [5.41, 5.74) is 0.235. The van der Waals surface area contributed by atoms with Gasteiger partial charge in [0.05, 0.1) is 0 Å². The number of hydrogen-bond acceptors (Lipinski definition) is 4. The minimum absolute atomic E-state index is 0.0210. The molecule has 3 N–H and O–H groups in total. The monoisotopic (exact) mass is 455 g/mol. The van der Waals surface area contributed by atoms with E-state index in [1.54, 1.807) is 0 Å². The molecule has 1 aromatic carbocycles. The maximum absolute atomic E-state index is 14.4. The zero-order chi connectivity index (χ0) is 23.0. The van der Waals surface area contributed by atoms with Crippen molar-refractivity contribution in [1.82, 2.24) is 0 Å². The first kappa shape index (κ1) is 24.9. The van der Waals surface area contributed by atoms with Gasteiger partial charge in [0.1, 0.15) is 0 Å². The Labute approximate surface area is 181 Å². The number of hydrogen-bond donors (Lipinski definition) is 2. The molecular formula is C21H28BF2NO3S2. The van der Waals surface area contributed by atoms with Crippen LogP contribution in [0.25, 0.3) is 0 Å². The topological polar surface area (TPSA) is 80.4 Å². The van der Waals surface area contributed by atoms with Crippen LogP contribution in [0.5, 0.6) is 0 Å². The van der Waals surface area contributed by atoms with Crippen molar-refractivity contribution >= 4 is 32.7 Å². The van der Waals surface area contributed by atoms with Gasteiger partial charge < -0.3 is 0 Å². The van der Waals surface area contributed by atoms with Crippen LogP contribution in [0.4, 0.5) is 8.78 Å². The van der Waals surface area contributed by atoms with Gasteiger partial charge in [-0.25, -0.2) is 0 Å². The third-order valence-electron chi connectivity index (χ3n) is 4.73. The Balaban J connectivity index is 2.50. The molecule has 1 heterocycles. The average Bonchev–Trinajstić information content (AvgIpc) is 2.98. The number of nitrogens with two attached hydrogens (primary N) is 1. The summed E-state index contributed by atoms with van der Waals surface area (Å²) in [5.74, 6) is -1.23. The molecule has 164 valence electrons. The molecule has 0 fully saturated rings. The standard InChI is InChI=1S/C21H28BF2NO3S2/c1-11(2)14-7-13(23)8-15(12(3)4)16(14)9-19(26)22-30(25,28)20-17(24)10-18(29-20)21(5,6)27/h7-8,10-12,27H,9H2,1-6H3,(H2,25,28). The molecule has 2 aromatic rings. The van der Waals surface area contributed by atoms with Crippen molar-refractivity contribution in [2.24, 2.45) is 5.14 Å². The summed E-state index contributed by atoms with van der Waals surface area (Å²) in [5, 5.41) is 15.9. The van der Waals surface area contributed by atoms with Crippen molar-refractivity contribution in [2.45, 2.75) is 69.6 Å². The van der Waals surface area contributed by atoms with Crippen LogP contribution < -0.4 is 5.14 Å². The molecule has 1 aromatic heterocycles. The SMILES string of the molecule is CC(C)c1cc(F)cc(C(C)C)c1CC(=O)B=S(N)(=O)c1sc(C(C)(C)O)cc1F. The number of carbonyl (C=O) groups excluding carboxylic acids is 1. The Morgan fingerprint density at radius 3 is 2.07 bits per heavy atom. The molecule has 1 atom stereocenters. The summed E-state index contributed by atoms with van der Waals surface area (Å²) >= 11 is 0.781. The molecule has 0 saturated carbocycles. The number of benzene rings is 1. The molecule has 2 rings (SSSR count). The summed E-state index contributed by atoms with van der Waals surface area (Å²) in [6.07, 6.45) is 0.745. The van der Waals surface area contributed by atoms with Gasteiger partial charge in [-0.05, 0) is 0 Å². The van der Waals surface area contributed by atoms with Crippen molar-refractivity contribution in [3.8, 4) is 0 Å². The van der Waals surface area contributed by atoms with Crippen LogP contribution in [0, 0.1) is 11.6 Å². The fraction of sp³-hybridized carbons (Fsp3) is 0.476. The Kier molecular flexibility index (Phi) is 7.44. The zero-order valence-electron chi connectivity index (χ0n) is 18.1. The average molecular weight is 455 g/mol. The van der Waals surface area contributed by atoms with Crippen molar-refractivity contribution < 1.29 is 22.9 Å². The summed E-state index contributed by atoms with van der Waals surface area (Å²) < 4.78 is 41.1. The molecule has 1 unspecified atom stereocenters. The Hall–Kier alpha value is -1.42. The van der Waals surface area contributed by atoms with E-state index in [1.165, 1.54) is 26.0 Å². The van der Waals surface area contributed by atoms with E-state index >= 15 is 0 Å². The number of carbonyl (C=O) groups is 1. The molecule has 0 radical (unpaired) electrons. The number of halogens is 2. The van der Waals surface area contributed by atoms with Gasteiger partial charge in [0.25, 0.3) is 0 Å². The van der Waals surface area contributed by atoms with E-state index in [9.17, 15) is 22.9 Å². The Morgan fingerprint density at radius 1 is 1.17 bits per heavy atom. The van der Waals surface area contributed by atoms with Gasteiger partial charge in [-0.3, -0.25) is 0 Å². The van der Waals surface area contributed by atoms with Gasteiger partial charge in [0.2, 0.25) is 0 Å². The first-order valence-corrected chi connectivity index (χ1v) is 12.2. The van der Waals surface area contributed by atoms with Crippen molar-refractivity contribution in [2.75, 3.05) is 0 Å². The van der Waals surface area contributed by atoms with E-state index in [0.717, 1.165) is 23.6 Å². The molecule has 0 saturated heterocycles. The maximum atomic E-state index is 14.4. The van der Waals surface area contributed by atoms with Gasteiger partial charge in [-0.15, -0.1) is 0 Å². The van der Waals surface area contributed by atoms with Crippen LogP contribution in [-0.2, 0) is 26.4 Å². The van der Waals surface area contributed by atoms with Gasteiger partial charge in [0, 0.05) is 0 Å². The predicted molar refractivity (Wildman–Crippen MR) is 119 cm³/mol. The molecule has 0 aliphatic carbocycles. The molecule has 9 heteroatoms.